The van der Waals surface area contributed by atoms with E-state index in [1.165, 1.54) is 0 Å². The van der Waals surface area contributed by atoms with Crippen molar-refractivity contribution in [2.75, 3.05) is 38.7 Å². The summed E-state index contributed by atoms with van der Waals surface area (Å²) < 4.78 is 51.7. The van der Waals surface area contributed by atoms with Crippen LogP contribution in [0.25, 0.3) is 21.8 Å². The molecule has 47 heavy (non-hydrogen) atoms. The quantitative estimate of drug-likeness (QED) is 0.139. The van der Waals surface area contributed by atoms with Crippen LogP contribution in [-0.4, -0.2) is 86.3 Å². The Bertz CT molecular complexity index is 2080. The van der Waals surface area contributed by atoms with E-state index in [0.717, 1.165) is 87.5 Å². The van der Waals surface area contributed by atoms with E-state index < -0.39 is 20.2 Å². The SMILES string of the molecule is CS(=O)(=O)O.CS(=O)(=O)O.Clc1ccc(C(c2c[nH]c3cc(C4=NCCN4)ccc23)c2c[nH]c3cc(C4=NCCN4)ccc23)c(Cl)c1. The topological polar surface area (TPSA) is 189 Å². The van der Waals surface area contributed by atoms with E-state index in [4.69, 9.17) is 32.3 Å². The molecule has 4 heterocycles. The molecule has 6 N–H and O–H groups in total. The van der Waals surface area contributed by atoms with Crippen LogP contribution in [0.15, 0.2) is 77.0 Å². The van der Waals surface area contributed by atoms with Gasteiger partial charge in [0.25, 0.3) is 20.2 Å². The second-order valence-corrected chi connectivity index (χ2v) is 14.7. The monoisotopic (exact) mass is 718 g/mol. The number of nitrogens with one attached hydrogen (secondary N) is 4. The number of amidine groups is 2. The van der Waals surface area contributed by atoms with Crippen molar-refractivity contribution in [3.8, 4) is 0 Å². The lowest BCUT2D eigenvalue weighted by Crippen LogP contribution is -2.19. The smallest absolute Gasteiger partial charge is 0.261 e. The molecule has 0 saturated carbocycles. The highest BCUT2D eigenvalue weighted by atomic mass is 35.5. The largest absolute Gasteiger partial charge is 0.368 e. The molecule has 0 atom stereocenters. The van der Waals surface area contributed by atoms with E-state index in [-0.39, 0.29) is 5.92 Å². The summed E-state index contributed by atoms with van der Waals surface area (Å²) in [4.78, 5) is 16.2. The summed E-state index contributed by atoms with van der Waals surface area (Å²) in [6.07, 6.45) is 5.62. The van der Waals surface area contributed by atoms with Gasteiger partial charge in [-0.25, -0.2) is 0 Å². The molecular formula is C31H32Cl2N6O6S2. The minimum atomic E-state index is -3.67. The van der Waals surface area contributed by atoms with E-state index in [2.05, 4.69) is 79.4 Å². The number of hydrogen-bond donors (Lipinski definition) is 6. The van der Waals surface area contributed by atoms with Crippen LogP contribution in [0, 0.1) is 0 Å². The lowest BCUT2D eigenvalue weighted by Gasteiger charge is -2.19. The zero-order valence-electron chi connectivity index (χ0n) is 25.3. The Kier molecular flexibility index (Phi) is 10.3. The minimum absolute atomic E-state index is 0.104. The van der Waals surface area contributed by atoms with Gasteiger partial charge in [0.2, 0.25) is 0 Å². The van der Waals surface area contributed by atoms with Crippen LogP contribution >= 0.6 is 23.2 Å². The molecule has 0 amide bonds. The first-order chi connectivity index (χ1) is 22.2. The van der Waals surface area contributed by atoms with Gasteiger partial charge in [-0.1, -0.05) is 53.5 Å². The summed E-state index contributed by atoms with van der Waals surface area (Å²) in [6, 6.07) is 18.7. The van der Waals surface area contributed by atoms with Crippen LogP contribution in [0.3, 0.4) is 0 Å². The Balaban J connectivity index is 0.000000382. The average molecular weight is 720 g/mol. The molecule has 0 spiro atoms. The van der Waals surface area contributed by atoms with Crippen LogP contribution in [0.1, 0.15) is 33.7 Å². The molecule has 0 radical (unpaired) electrons. The number of hydrogen-bond acceptors (Lipinski definition) is 8. The summed E-state index contributed by atoms with van der Waals surface area (Å²) in [6.45, 7) is 3.39. The van der Waals surface area contributed by atoms with E-state index in [1.807, 2.05) is 18.2 Å². The Morgan fingerprint density at radius 2 is 1.13 bits per heavy atom. The van der Waals surface area contributed by atoms with E-state index >= 15 is 0 Å². The van der Waals surface area contributed by atoms with Gasteiger partial charge in [0.15, 0.2) is 0 Å². The summed E-state index contributed by atoms with van der Waals surface area (Å²) in [5.41, 5.74) is 7.60. The summed E-state index contributed by atoms with van der Waals surface area (Å²) in [5, 5.41) is 10.3. The van der Waals surface area contributed by atoms with Crippen molar-refractivity contribution in [3.63, 3.8) is 0 Å². The fourth-order valence-corrected chi connectivity index (χ4v) is 6.01. The van der Waals surface area contributed by atoms with Gasteiger partial charge in [-0.15, -0.1) is 0 Å². The lowest BCUT2D eigenvalue weighted by molar-refractivity contribution is 0.488. The highest BCUT2D eigenvalue weighted by molar-refractivity contribution is 7.85. The third-order valence-electron chi connectivity index (χ3n) is 7.22. The van der Waals surface area contributed by atoms with E-state index in [0.29, 0.717) is 22.6 Å². The molecule has 0 unspecified atom stereocenters. The summed E-state index contributed by atoms with van der Waals surface area (Å²) >= 11 is 13.1. The molecule has 0 bridgehead atoms. The van der Waals surface area contributed by atoms with Gasteiger partial charge in [-0.3, -0.25) is 19.1 Å². The van der Waals surface area contributed by atoms with E-state index in [1.54, 1.807) is 0 Å². The molecule has 16 heteroatoms. The van der Waals surface area contributed by atoms with Gasteiger partial charge in [0.05, 0.1) is 25.6 Å². The van der Waals surface area contributed by atoms with Gasteiger partial charge in [0.1, 0.15) is 11.7 Å². The Morgan fingerprint density at radius 3 is 1.51 bits per heavy atom. The Labute approximate surface area is 281 Å². The van der Waals surface area contributed by atoms with Gasteiger partial charge in [0, 0.05) is 74.4 Å². The zero-order chi connectivity index (χ0) is 33.9. The summed E-state index contributed by atoms with van der Waals surface area (Å²) in [5.74, 6) is 1.79. The third kappa shape index (κ3) is 8.91. The molecule has 248 valence electrons. The fourth-order valence-electron chi connectivity index (χ4n) is 5.49. The van der Waals surface area contributed by atoms with Gasteiger partial charge >= 0.3 is 0 Å². The van der Waals surface area contributed by atoms with Crippen LogP contribution in [-0.2, 0) is 20.2 Å². The van der Waals surface area contributed by atoms with Crippen molar-refractivity contribution in [1.82, 2.24) is 20.6 Å². The number of benzene rings is 3. The highest BCUT2D eigenvalue weighted by Gasteiger charge is 2.26. The molecule has 0 saturated heterocycles. The third-order valence-corrected chi connectivity index (χ3v) is 7.78. The number of aromatic nitrogens is 2. The molecule has 12 nitrogen and oxygen atoms in total. The van der Waals surface area contributed by atoms with Crippen molar-refractivity contribution < 1.29 is 25.9 Å². The molecular weight excluding hydrogens is 687 g/mol. The number of aromatic amines is 2. The van der Waals surface area contributed by atoms with Crippen molar-refractivity contribution >= 4 is 76.9 Å². The molecule has 3 aromatic carbocycles. The van der Waals surface area contributed by atoms with Gasteiger partial charge in [-0.05, 0) is 41.0 Å². The first kappa shape index (κ1) is 34.4. The summed E-state index contributed by atoms with van der Waals surface area (Å²) in [7, 11) is -7.33. The molecule has 2 aromatic heterocycles. The lowest BCUT2D eigenvalue weighted by atomic mass is 9.84. The number of fused-ring (bicyclic) bond motifs is 2. The van der Waals surface area contributed by atoms with Gasteiger partial charge in [-0.2, -0.15) is 16.8 Å². The van der Waals surface area contributed by atoms with E-state index in [9.17, 15) is 16.8 Å². The molecule has 7 rings (SSSR count). The van der Waals surface area contributed by atoms with Crippen LogP contribution in [0.5, 0.6) is 0 Å². The second kappa shape index (κ2) is 14.1. The maximum Gasteiger partial charge on any atom is 0.261 e. The predicted octanol–water partition coefficient (Wildman–Crippen LogP) is 4.84. The number of halogens is 2. The number of rotatable bonds is 5. The highest BCUT2D eigenvalue weighted by Crippen LogP contribution is 2.42. The number of aliphatic imine (C=N–C) groups is 2. The van der Waals surface area contributed by atoms with Crippen LogP contribution in [0.4, 0.5) is 0 Å². The van der Waals surface area contributed by atoms with Crippen molar-refractivity contribution in [3.05, 3.63) is 105 Å². The predicted molar refractivity (Wildman–Crippen MR) is 188 cm³/mol. The molecule has 2 aliphatic heterocycles. The van der Waals surface area contributed by atoms with Crippen LogP contribution in [0.2, 0.25) is 10.0 Å². The van der Waals surface area contributed by atoms with Gasteiger partial charge < -0.3 is 20.6 Å². The second-order valence-electron chi connectivity index (χ2n) is 10.9. The fraction of sp³-hybridized carbons (Fsp3) is 0.226. The maximum atomic E-state index is 9.19. The number of nitrogens with zero attached hydrogens (tertiary/aromatic N) is 2. The zero-order valence-corrected chi connectivity index (χ0v) is 28.4. The Morgan fingerprint density at radius 1 is 0.681 bits per heavy atom. The molecule has 5 aromatic rings. The standard InChI is InChI=1S/C29H24Cl2N6.2CH4O3S/c30-18-3-6-21(24(31)13-18)27(22-14-36-25-11-16(1-4-19(22)25)28-32-7-8-33-28)23-15-37-26-12-17(2-5-20(23)26)29-34-9-10-35-29;2*1-5(2,3)4/h1-6,11-15,27,36-37H,7-10H2,(H,32,33)(H,34,35);2*1H3,(H,2,3,4). The van der Waals surface area contributed by atoms with Crippen LogP contribution < -0.4 is 10.6 Å². The molecule has 2 aliphatic rings. The minimum Gasteiger partial charge on any atom is -0.368 e. The van der Waals surface area contributed by atoms with Crippen molar-refractivity contribution in [1.29, 1.82) is 0 Å². The van der Waals surface area contributed by atoms with Crippen molar-refractivity contribution in [2.24, 2.45) is 9.98 Å². The first-order valence-corrected chi connectivity index (χ1v) is 18.7. The van der Waals surface area contributed by atoms with Crippen molar-refractivity contribution in [2.45, 2.75) is 5.92 Å². The maximum absolute atomic E-state index is 9.19. The normalized spacial score (nSPS) is 14.5. The average Bonchev–Trinajstić information content (AvgIpc) is 3.80. The number of H-pyrrole nitrogens is 2. The molecule has 0 fully saturated rings. The Hall–Kier alpha value is -3.92. The first-order valence-electron chi connectivity index (χ1n) is 14.2. The molecule has 0 aliphatic carbocycles.